The Morgan fingerprint density at radius 2 is 1.57 bits per heavy atom. The van der Waals surface area contributed by atoms with E-state index in [0.29, 0.717) is 16.7 Å². The molecule has 0 spiro atoms. The van der Waals surface area contributed by atoms with E-state index in [9.17, 15) is 9.59 Å². The van der Waals surface area contributed by atoms with Crippen molar-refractivity contribution in [1.82, 2.24) is 0 Å². The van der Waals surface area contributed by atoms with Gasteiger partial charge in [0.15, 0.2) is 11.5 Å². The maximum atomic E-state index is 12.9. The Balaban J connectivity index is 1.66. The van der Waals surface area contributed by atoms with Crippen molar-refractivity contribution >= 4 is 11.6 Å². The number of allylic oxidation sites excluding steroid dienone is 1. The molecule has 2 aliphatic carbocycles. The molecule has 0 amide bonds. The third kappa shape index (κ3) is 1.59. The largest absolute Gasteiger partial charge is 0.480 e. The topological polar surface area (TPSA) is 43.4 Å². The molecule has 1 aliphatic heterocycles. The van der Waals surface area contributed by atoms with Crippen molar-refractivity contribution in [2.75, 3.05) is 0 Å². The molecule has 2 aromatic carbocycles. The average Bonchev–Trinajstić information content (AvgIpc) is 3.00. The van der Waals surface area contributed by atoms with Crippen LogP contribution in [0.25, 0.3) is 0 Å². The summed E-state index contributed by atoms with van der Waals surface area (Å²) in [4.78, 5) is 25.7. The fourth-order valence-electron chi connectivity index (χ4n) is 4.11. The van der Waals surface area contributed by atoms with Gasteiger partial charge in [0.1, 0.15) is 6.10 Å². The van der Waals surface area contributed by atoms with Crippen LogP contribution in [-0.2, 0) is 11.2 Å². The van der Waals surface area contributed by atoms with E-state index < -0.39 is 0 Å². The fraction of sp³-hybridized carbons (Fsp3) is 0.200. The number of carbonyl (C=O) groups excluding carboxylic acids is 2. The van der Waals surface area contributed by atoms with Crippen LogP contribution in [0.3, 0.4) is 0 Å². The monoisotopic (exact) mass is 302 g/mol. The highest BCUT2D eigenvalue weighted by Crippen LogP contribution is 2.50. The van der Waals surface area contributed by atoms with Crippen LogP contribution in [0, 0.1) is 5.92 Å². The zero-order valence-corrected chi connectivity index (χ0v) is 12.4. The highest BCUT2D eigenvalue weighted by Gasteiger charge is 2.48. The third-order valence-electron chi connectivity index (χ3n) is 5.18. The molecule has 5 rings (SSSR count). The van der Waals surface area contributed by atoms with Gasteiger partial charge in [-0.3, -0.25) is 9.59 Å². The number of ketones is 2. The molecule has 0 aromatic heterocycles. The summed E-state index contributed by atoms with van der Waals surface area (Å²) in [5, 5.41) is 0. The minimum atomic E-state index is -0.202. The van der Waals surface area contributed by atoms with Crippen molar-refractivity contribution in [1.29, 1.82) is 0 Å². The van der Waals surface area contributed by atoms with E-state index in [-0.39, 0.29) is 29.3 Å². The van der Waals surface area contributed by atoms with E-state index in [1.54, 1.807) is 24.3 Å². The first kappa shape index (κ1) is 12.8. The molecule has 1 heterocycles. The van der Waals surface area contributed by atoms with Crippen LogP contribution >= 0.6 is 0 Å². The minimum Gasteiger partial charge on any atom is -0.480 e. The molecule has 2 atom stereocenters. The molecule has 0 saturated carbocycles. The second-order valence-electron chi connectivity index (χ2n) is 6.33. The van der Waals surface area contributed by atoms with Gasteiger partial charge in [0.05, 0.1) is 5.57 Å². The van der Waals surface area contributed by atoms with Crippen LogP contribution in [0.4, 0.5) is 0 Å². The number of Topliss-reactive ketones (excluding diaryl/α,β-unsaturated/α-hetero) is 2. The predicted octanol–water partition coefficient (Wildman–Crippen LogP) is 3.65. The maximum absolute atomic E-state index is 12.9. The van der Waals surface area contributed by atoms with Gasteiger partial charge in [-0.2, -0.15) is 0 Å². The standard InChI is InChI=1S/C20H14O3/c21-17-13-7-3-4-8-14(13)18(22)20-16(17)15-10-9-11-5-1-2-6-12(11)19(15)23-20/h1-8,15,19H,9-10H2/t15-,19-/m1/s1. The van der Waals surface area contributed by atoms with Crippen molar-refractivity contribution in [3.63, 3.8) is 0 Å². The molecular weight excluding hydrogens is 288 g/mol. The molecule has 3 aliphatic rings. The third-order valence-corrected chi connectivity index (χ3v) is 5.18. The SMILES string of the molecule is O=C1C2=C(C(=O)c3ccccc31)[C@H]1CCc3ccccc3[C@H]1O2. The van der Waals surface area contributed by atoms with Gasteiger partial charge in [0.2, 0.25) is 5.78 Å². The van der Waals surface area contributed by atoms with Gasteiger partial charge >= 0.3 is 0 Å². The number of hydrogen-bond acceptors (Lipinski definition) is 3. The number of aryl methyl sites for hydroxylation is 1. The summed E-state index contributed by atoms with van der Waals surface area (Å²) < 4.78 is 6.04. The highest BCUT2D eigenvalue weighted by atomic mass is 16.5. The van der Waals surface area contributed by atoms with Gasteiger partial charge in [-0.25, -0.2) is 0 Å². The highest BCUT2D eigenvalue weighted by molar-refractivity contribution is 6.26. The summed E-state index contributed by atoms with van der Waals surface area (Å²) in [5.41, 5.74) is 3.93. The Labute approximate surface area is 133 Å². The summed E-state index contributed by atoms with van der Waals surface area (Å²) >= 11 is 0. The first-order chi connectivity index (χ1) is 11.3. The number of fused-ring (bicyclic) bond motifs is 5. The molecule has 0 radical (unpaired) electrons. The first-order valence-electron chi connectivity index (χ1n) is 7.93. The van der Waals surface area contributed by atoms with E-state index in [2.05, 4.69) is 6.07 Å². The lowest BCUT2D eigenvalue weighted by Crippen LogP contribution is -2.24. The van der Waals surface area contributed by atoms with Gasteiger partial charge in [0, 0.05) is 17.0 Å². The molecule has 0 unspecified atom stereocenters. The molecule has 0 saturated heterocycles. The van der Waals surface area contributed by atoms with E-state index in [1.807, 2.05) is 18.2 Å². The van der Waals surface area contributed by atoms with Crippen LogP contribution in [0.15, 0.2) is 59.9 Å². The number of hydrogen-bond donors (Lipinski definition) is 0. The Morgan fingerprint density at radius 3 is 2.39 bits per heavy atom. The Kier molecular flexibility index (Phi) is 2.46. The average molecular weight is 302 g/mol. The van der Waals surface area contributed by atoms with Crippen LogP contribution in [-0.4, -0.2) is 11.6 Å². The maximum Gasteiger partial charge on any atom is 0.228 e. The van der Waals surface area contributed by atoms with E-state index >= 15 is 0 Å². The zero-order chi connectivity index (χ0) is 15.6. The zero-order valence-electron chi connectivity index (χ0n) is 12.4. The molecule has 3 heteroatoms. The summed E-state index contributed by atoms with van der Waals surface area (Å²) in [6.07, 6.45) is 1.56. The molecule has 0 bridgehead atoms. The van der Waals surface area contributed by atoms with Gasteiger partial charge in [-0.1, -0.05) is 48.5 Å². The minimum absolute atomic E-state index is 0.00953. The molecule has 0 N–H and O–H groups in total. The summed E-state index contributed by atoms with van der Waals surface area (Å²) in [7, 11) is 0. The van der Waals surface area contributed by atoms with Crippen LogP contribution in [0.5, 0.6) is 0 Å². The van der Waals surface area contributed by atoms with Gasteiger partial charge in [0.25, 0.3) is 0 Å². The summed E-state index contributed by atoms with van der Waals surface area (Å²) in [6.45, 7) is 0. The van der Waals surface area contributed by atoms with Crippen molar-refractivity contribution in [2.24, 2.45) is 5.92 Å². The molecule has 0 fully saturated rings. The normalized spacial score (nSPS) is 24.5. The number of rotatable bonds is 0. The van der Waals surface area contributed by atoms with E-state index in [1.165, 1.54) is 5.56 Å². The van der Waals surface area contributed by atoms with Gasteiger partial charge in [-0.05, 0) is 24.0 Å². The molecule has 23 heavy (non-hydrogen) atoms. The van der Waals surface area contributed by atoms with Crippen molar-refractivity contribution in [2.45, 2.75) is 18.9 Å². The molecular formula is C20H14O3. The van der Waals surface area contributed by atoms with Crippen LogP contribution < -0.4 is 0 Å². The first-order valence-corrected chi connectivity index (χ1v) is 7.93. The smallest absolute Gasteiger partial charge is 0.228 e. The quantitative estimate of drug-likeness (QED) is 0.746. The lowest BCUT2D eigenvalue weighted by molar-refractivity contribution is 0.0751. The Bertz CT molecular complexity index is 907. The lowest BCUT2D eigenvalue weighted by Gasteiger charge is -2.28. The molecule has 2 aromatic rings. The lowest BCUT2D eigenvalue weighted by atomic mass is 9.75. The van der Waals surface area contributed by atoms with Crippen molar-refractivity contribution in [3.8, 4) is 0 Å². The Morgan fingerprint density at radius 1 is 0.870 bits per heavy atom. The summed E-state index contributed by atoms with van der Waals surface area (Å²) in [5.74, 6) is 0.0780. The predicted molar refractivity (Wildman–Crippen MR) is 84.2 cm³/mol. The molecule has 3 nitrogen and oxygen atoms in total. The van der Waals surface area contributed by atoms with Gasteiger partial charge < -0.3 is 4.74 Å². The van der Waals surface area contributed by atoms with E-state index in [4.69, 9.17) is 4.74 Å². The van der Waals surface area contributed by atoms with Crippen LogP contribution in [0.2, 0.25) is 0 Å². The number of ether oxygens (including phenoxy) is 1. The summed E-state index contributed by atoms with van der Waals surface area (Å²) in [6, 6.07) is 15.2. The second kappa shape index (κ2) is 4.42. The molecule has 112 valence electrons. The van der Waals surface area contributed by atoms with E-state index in [0.717, 1.165) is 18.4 Å². The van der Waals surface area contributed by atoms with Crippen molar-refractivity contribution < 1.29 is 14.3 Å². The van der Waals surface area contributed by atoms with Gasteiger partial charge in [-0.15, -0.1) is 0 Å². The van der Waals surface area contributed by atoms with Crippen molar-refractivity contribution in [3.05, 3.63) is 82.1 Å². The second-order valence-corrected chi connectivity index (χ2v) is 6.33. The number of benzene rings is 2. The number of carbonyl (C=O) groups is 2. The van der Waals surface area contributed by atoms with Crippen LogP contribution in [0.1, 0.15) is 44.4 Å². The Hall–Kier alpha value is -2.68. The fourth-order valence-corrected chi connectivity index (χ4v) is 4.11.